The maximum absolute atomic E-state index is 12.5. The lowest BCUT2D eigenvalue weighted by Gasteiger charge is -2.18. The average Bonchev–Trinajstić information content (AvgIpc) is 2.66. The van der Waals surface area contributed by atoms with Crippen LogP contribution in [0.25, 0.3) is 0 Å². The highest BCUT2D eigenvalue weighted by atomic mass is 32.2. The summed E-state index contributed by atoms with van der Waals surface area (Å²) < 4.78 is 35.8. The summed E-state index contributed by atoms with van der Waals surface area (Å²) in [6.45, 7) is 2.17. The van der Waals surface area contributed by atoms with Gasteiger partial charge in [0.15, 0.2) is 27.1 Å². The van der Waals surface area contributed by atoms with Gasteiger partial charge in [0.25, 0.3) is 0 Å². The summed E-state index contributed by atoms with van der Waals surface area (Å²) in [4.78, 5) is 23.8. The van der Waals surface area contributed by atoms with Gasteiger partial charge in [0.1, 0.15) is 13.2 Å². The van der Waals surface area contributed by atoms with Gasteiger partial charge in [-0.1, -0.05) is 12.1 Å². The second kappa shape index (κ2) is 7.79. The first kappa shape index (κ1) is 18.9. The summed E-state index contributed by atoms with van der Waals surface area (Å²) in [6.07, 6.45) is -0.233. The first-order chi connectivity index (χ1) is 12.9. The molecule has 0 radical (unpaired) electrons. The van der Waals surface area contributed by atoms with Crippen LogP contribution < -0.4 is 14.8 Å². The summed E-state index contributed by atoms with van der Waals surface area (Å²) in [6, 6.07) is 11.0. The van der Waals surface area contributed by atoms with Crippen molar-refractivity contribution in [1.82, 2.24) is 0 Å². The van der Waals surface area contributed by atoms with Crippen LogP contribution >= 0.6 is 0 Å². The average molecular weight is 389 g/mol. The van der Waals surface area contributed by atoms with Crippen molar-refractivity contribution < 1.29 is 27.5 Å². The molecule has 7 nitrogen and oxygen atoms in total. The number of ketones is 1. The van der Waals surface area contributed by atoms with Crippen LogP contribution in [0.1, 0.15) is 23.7 Å². The molecule has 0 saturated carbocycles. The number of rotatable bonds is 6. The predicted octanol–water partition coefficient (Wildman–Crippen LogP) is 2.46. The van der Waals surface area contributed by atoms with Crippen molar-refractivity contribution in [2.45, 2.75) is 18.2 Å². The number of carbonyl (C=O) groups excluding carboxylic acids is 2. The molecule has 1 N–H and O–H groups in total. The van der Waals surface area contributed by atoms with Crippen LogP contribution in [0.15, 0.2) is 47.4 Å². The van der Waals surface area contributed by atoms with E-state index in [4.69, 9.17) is 9.47 Å². The third-order valence-electron chi connectivity index (χ3n) is 4.05. The van der Waals surface area contributed by atoms with Crippen LogP contribution in [-0.4, -0.2) is 39.1 Å². The maximum Gasteiger partial charge on any atom is 0.225 e. The Hall–Kier alpha value is -2.87. The van der Waals surface area contributed by atoms with Gasteiger partial charge in [0.2, 0.25) is 5.91 Å². The lowest BCUT2D eigenvalue weighted by Crippen LogP contribution is -2.19. The summed E-state index contributed by atoms with van der Waals surface area (Å²) in [5.74, 6) is -0.152. The van der Waals surface area contributed by atoms with Crippen LogP contribution in [0, 0.1) is 0 Å². The number of carbonyl (C=O) groups is 2. The van der Waals surface area contributed by atoms with E-state index in [0.717, 1.165) is 0 Å². The number of Topliss-reactive ketones (excluding diaryl/α,β-unsaturated/α-hetero) is 1. The van der Waals surface area contributed by atoms with Crippen LogP contribution in [-0.2, 0) is 14.6 Å². The molecule has 1 aliphatic rings. The summed E-state index contributed by atoms with van der Waals surface area (Å²) in [5.41, 5.74) is 0.743. The van der Waals surface area contributed by atoms with Gasteiger partial charge < -0.3 is 14.8 Å². The molecule has 3 rings (SSSR count). The molecule has 0 unspecified atom stereocenters. The number of hydrogen-bond donors (Lipinski definition) is 1. The van der Waals surface area contributed by atoms with Gasteiger partial charge in [0.05, 0.1) is 16.3 Å². The van der Waals surface area contributed by atoms with Crippen LogP contribution in [0.5, 0.6) is 11.5 Å². The molecular weight excluding hydrogens is 370 g/mol. The molecule has 1 amide bonds. The topological polar surface area (TPSA) is 98.8 Å². The van der Waals surface area contributed by atoms with E-state index in [-0.39, 0.29) is 22.9 Å². The second-order valence-corrected chi connectivity index (χ2v) is 8.13. The van der Waals surface area contributed by atoms with E-state index in [2.05, 4.69) is 5.32 Å². The van der Waals surface area contributed by atoms with Gasteiger partial charge >= 0.3 is 0 Å². The summed E-state index contributed by atoms with van der Waals surface area (Å²) in [5, 5.41) is 2.60. The van der Waals surface area contributed by atoms with Crippen molar-refractivity contribution in [3.8, 4) is 11.5 Å². The minimum Gasteiger partial charge on any atom is -0.486 e. The first-order valence-electron chi connectivity index (χ1n) is 8.39. The van der Waals surface area contributed by atoms with E-state index in [0.29, 0.717) is 36.0 Å². The normalized spacial score (nSPS) is 13.1. The molecule has 0 atom stereocenters. The third kappa shape index (κ3) is 4.46. The molecule has 2 aromatic carbocycles. The molecule has 0 bridgehead atoms. The van der Waals surface area contributed by atoms with Crippen LogP contribution in [0.2, 0.25) is 0 Å². The van der Waals surface area contributed by atoms with Gasteiger partial charge in [0, 0.05) is 18.1 Å². The number of amides is 1. The van der Waals surface area contributed by atoms with Gasteiger partial charge in [-0.25, -0.2) is 8.42 Å². The SMILES string of the molecule is CC(=O)c1ccccc1NC(=O)CCS(=O)(=O)c1ccc2c(c1)OCCO2. The molecule has 142 valence electrons. The maximum atomic E-state index is 12.5. The zero-order valence-corrected chi connectivity index (χ0v) is 15.5. The summed E-state index contributed by atoms with van der Waals surface area (Å²) >= 11 is 0. The Morgan fingerprint density at radius 3 is 2.48 bits per heavy atom. The fourth-order valence-electron chi connectivity index (χ4n) is 2.67. The Balaban J connectivity index is 1.67. The van der Waals surface area contributed by atoms with E-state index in [1.165, 1.54) is 19.1 Å². The summed E-state index contributed by atoms with van der Waals surface area (Å²) in [7, 11) is -3.67. The van der Waals surface area contributed by atoms with Crippen LogP contribution in [0.3, 0.4) is 0 Å². The Labute approximate surface area is 157 Å². The standard InChI is InChI=1S/C19H19NO6S/c1-13(21)15-4-2-3-5-16(15)20-19(22)8-11-27(23,24)14-6-7-17-18(12-14)26-10-9-25-17/h2-7,12H,8-11H2,1H3,(H,20,22). The molecule has 0 spiro atoms. The molecule has 27 heavy (non-hydrogen) atoms. The molecule has 8 heteroatoms. The molecule has 0 aromatic heterocycles. The molecule has 0 saturated heterocycles. The van der Waals surface area contributed by atoms with Crippen molar-refractivity contribution in [1.29, 1.82) is 0 Å². The lowest BCUT2D eigenvalue weighted by molar-refractivity contribution is -0.115. The molecule has 1 heterocycles. The first-order valence-corrected chi connectivity index (χ1v) is 10.0. The molecule has 2 aromatic rings. The highest BCUT2D eigenvalue weighted by Crippen LogP contribution is 2.32. The minimum atomic E-state index is -3.67. The Kier molecular flexibility index (Phi) is 5.46. The van der Waals surface area contributed by atoms with Crippen LogP contribution in [0.4, 0.5) is 5.69 Å². The number of benzene rings is 2. The van der Waals surface area contributed by atoms with Gasteiger partial charge in [-0.05, 0) is 31.2 Å². The molecule has 0 aliphatic carbocycles. The van der Waals surface area contributed by atoms with E-state index < -0.39 is 15.7 Å². The Morgan fingerprint density at radius 2 is 1.74 bits per heavy atom. The quantitative estimate of drug-likeness (QED) is 0.762. The number of ether oxygens (including phenoxy) is 2. The number of fused-ring (bicyclic) bond motifs is 1. The van der Waals surface area contributed by atoms with Crippen molar-refractivity contribution in [2.75, 3.05) is 24.3 Å². The smallest absolute Gasteiger partial charge is 0.225 e. The van der Waals surface area contributed by atoms with Crippen molar-refractivity contribution in [3.63, 3.8) is 0 Å². The lowest BCUT2D eigenvalue weighted by atomic mass is 10.1. The number of hydrogen-bond acceptors (Lipinski definition) is 6. The highest BCUT2D eigenvalue weighted by Gasteiger charge is 2.21. The van der Waals surface area contributed by atoms with E-state index >= 15 is 0 Å². The largest absolute Gasteiger partial charge is 0.486 e. The number of para-hydroxylation sites is 1. The predicted molar refractivity (Wildman–Crippen MR) is 99.2 cm³/mol. The number of nitrogens with one attached hydrogen (secondary N) is 1. The molecule has 1 aliphatic heterocycles. The number of anilines is 1. The highest BCUT2D eigenvalue weighted by molar-refractivity contribution is 7.91. The van der Waals surface area contributed by atoms with Crippen molar-refractivity contribution in [2.24, 2.45) is 0 Å². The van der Waals surface area contributed by atoms with Gasteiger partial charge in [-0.2, -0.15) is 0 Å². The fraction of sp³-hybridized carbons (Fsp3) is 0.263. The van der Waals surface area contributed by atoms with E-state index in [1.807, 2.05) is 0 Å². The zero-order valence-electron chi connectivity index (χ0n) is 14.7. The fourth-order valence-corrected chi connectivity index (χ4v) is 3.93. The van der Waals surface area contributed by atoms with Gasteiger partial charge in [-0.3, -0.25) is 9.59 Å². The molecular formula is C19H19NO6S. The van der Waals surface area contributed by atoms with Crippen molar-refractivity contribution >= 4 is 27.2 Å². The molecule has 0 fully saturated rings. The third-order valence-corrected chi connectivity index (χ3v) is 5.76. The van der Waals surface area contributed by atoms with Crippen molar-refractivity contribution in [3.05, 3.63) is 48.0 Å². The van der Waals surface area contributed by atoms with Gasteiger partial charge in [-0.15, -0.1) is 0 Å². The zero-order chi connectivity index (χ0) is 19.4. The minimum absolute atomic E-state index is 0.0729. The second-order valence-electron chi connectivity index (χ2n) is 6.02. The Morgan fingerprint density at radius 1 is 1.04 bits per heavy atom. The Bertz CT molecular complexity index is 983. The monoisotopic (exact) mass is 389 g/mol. The van der Waals surface area contributed by atoms with E-state index in [9.17, 15) is 18.0 Å². The van der Waals surface area contributed by atoms with E-state index in [1.54, 1.807) is 30.3 Å². The number of sulfone groups is 1.